The summed E-state index contributed by atoms with van der Waals surface area (Å²) in [5, 5.41) is 3.91. The van der Waals surface area contributed by atoms with E-state index < -0.39 is 5.97 Å². The van der Waals surface area contributed by atoms with Crippen molar-refractivity contribution in [3.63, 3.8) is 0 Å². The average molecular weight is 400 g/mol. The standard InChI is InChI=1S/C20H18ClN3O4/c1-27-19-16(20(26)28-2)9-13-7-15(21)8-14(18(13)24-19)10-17(25)23-11-12-3-5-22-6-4-12/h3-9H,10-11H2,1-2H3,(H,23,25). The number of carbonyl (C=O) groups is 2. The van der Waals surface area contributed by atoms with Crippen molar-refractivity contribution in [1.29, 1.82) is 0 Å². The number of amides is 1. The molecule has 1 amide bonds. The molecule has 0 saturated carbocycles. The van der Waals surface area contributed by atoms with E-state index in [-0.39, 0.29) is 23.8 Å². The van der Waals surface area contributed by atoms with Crippen molar-refractivity contribution in [2.75, 3.05) is 14.2 Å². The number of fused-ring (bicyclic) bond motifs is 1. The van der Waals surface area contributed by atoms with Gasteiger partial charge in [0.25, 0.3) is 0 Å². The van der Waals surface area contributed by atoms with Gasteiger partial charge in [-0.15, -0.1) is 0 Å². The van der Waals surface area contributed by atoms with Crippen LogP contribution in [0.3, 0.4) is 0 Å². The maximum atomic E-state index is 12.4. The first-order valence-corrected chi connectivity index (χ1v) is 8.80. The monoisotopic (exact) mass is 399 g/mol. The van der Waals surface area contributed by atoms with Crippen molar-refractivity contribution in [1.82, 2.24) is 15.3 Å². The van der Waals surface area contributed by atoms with Crippen LogP contribution in [0.25, 0.3) is 10.9 Å². The summed E-state index contributed by atoms with van der Waals surface area (Å²) >= 11 is 6.21. The van der Waals surface area contributed by atoms with E-state index in [1.54, 1.807) is 30.6 Å². The number of ether oxygens (including phenoxy) is 2. The topological polar surface area (TPSA) is 90.4 Å². The van der Waals surface area contributed by atoms with Gasteiger partial charge in [-0.3, -0.25) is 9.78 Å². The van der Waals surface area contributed by atoms with Gasteiger partial charge in [0, 0.05) is 29.3 Å². The number of rotatable bonds is 6. The summed E-state index contributed by atoms with van der Waals surface area (Å²) in [6.07, 6.45) is 3.41. The second-order valence-electron chi connectivity index (χ2n) is 5.98. The number of hydrogen-bond acceptors (Lipinski definition) is 6. The molecular weight excluding hydrogens is 382 g/mol. The minimum absolute atomic E-state index is 0.0792. The van der Waals surface area contributed by atoms with Gasteiger partial charge >= 0.3 is 5.97 Å². The summed E-state index contributed by atoms with van der Waals surface area (Å²) in [5.41, 5.74) is 2.30. The highest BCUT2D eigenvalue weighted by atomic mass is 35.5. The van der Waals surface area contributed by atoms with E-state index >= 15 is 0 Å². The number of nitrogens with one attached hydrogen (secondary N) is 1. The summed E-state index contributed by atoms with van der Waals surface area (Å²) in [6.45, 7) is 0.392. The maximum Gasteiger partial charge on any atom is 0.343 e. The van der Waals surface area contributed by atoms with Crippen LogP contribution in [-0.4, -0.2) is 36.1 Å². The summed E-state index contributed by atoms with van der Waals surface area (Å²) in [4.78, 5) is 32.7. The van der Waals surface area contributed by atoms with Gasteiger partial charge in [0.2, 0.25) is 11.8 Å². The minimum atomic E-state index is -0.567. The molecule has 1 aromatic carbocycles. The molecule has 3 aromatic rings. The Labute approximate surface area is 166 Å². The lowest BCUT2D eigenvalue weighted by Crippen LogP contribution is -2.24. The molecule has 0 fully saturated rings. The van der Waals surface area contributed by atoms with Crippen molar-refractivity contribution in [2.45, 2.75) is 13.0 Å². The van der Waals surface area contributed by atoms with Gasteiger partial charge in [-0.1, -0.05) is 11.6 Å². The predicted octanol–water partition coefficient (Wildman–Crippen LogP) is 2.94. The summed E-state index contributed by atoms with van der Waals surface area (Å²) in [5.74, 6) is -0.624. The highest BCUT2D eigenvalue weighted by Crippen LogP contribution is 2.28. The number of benzene rings is 1. The van der Waals surface area contributed by atoms with Gasteiger partial charge < -0.3 is 14.8 Å². The molecule has 0 aliphatic rings. The fourth-order valence-electron chi connectivity index (χ4n) is 2.79. The van der Waals surface area contributed by atoms with Gasteiger partial charge in [-0.05, 0) is 41.5 Å². The second-order valence-corrected chi connectivity index (χ2v) is 6.42. The molecule has 0 saturated heterocycles. The van der Waals surface area contributed by atoms with Gasteiger partial charge in [0.1, 0.15) is 5.56 Å². The van der Waals surface area contributed by atoms with Gasteiger partial charge in [0.15, 0.2) is 0 Å². The van der Waals surface area contributed by atoms with Crippen molar-refractivity contribution in [2.24, 2.45) is 0 Å². The molecule has 0 aliphatic heterocycles. The predicted molar refractivity (Wildman–Crippen MR) is 104 cm³/mol. The number of methoxy groups -OCH3 is 2. The van der Waals surface area contributed by atoms with Gasteiger partial charge in [-0.25, -0.2) is 9.78 Å². The molecule has 0 bridgehead atoms. The number of halogens is 1. The maximum absolute atomic E-state index is 12.4. The Bertz CT molecular complexity index is 1020. The average Bonchev–Trinajstić information content (AvgIpc) is 2.71. The molecule has 0 aliphatic carbocycles. The first-order valence-electron chi connectivity index (χ1n) is 8.43. The quantitative estimate of drug-likeness (QED) is 0.641. The third-order valence-electron chi connectivity index (χ3n) is 4.12. The van der Waals surface area contributed by atoms with Crippen molar-refractivity contribution >= 4 is 34.4 Å². The van der Waals surface area contributed by atoms with Crippen LogP contribution in [0.1, 0.15) is 21.5 Å². The SMILES string of the molecule is COC(=O)c1cc2cc(Cl)cc(CC(=O)NCc3ccncc3)c2nc1OC. The van der Waals surface area contributed by atoms with Crippen molar-refractivity contribution < 1.29 is 19.1 Å². The Morgan fingerprint density at radius 2 is 1.89 bits per heavy atom. The zero-order chi connectivity index (χ0) is 20.1. The molecule has 28 heavy (non-hydrogen) atoms. The van der Waals surface area contributed by atoms with Gasteiger partial charge in [-0.2, -0.15) is 0 Å². The molecule has 0 atom stereocenters. The van der Waals surface area contributed by atoms with E-state index in [9.17, 15) is 9.59 Å². The second kappa shape index (κ2) is 8.67. The largest absolute Gasteiger partial charge is 0.480 e. The van der Waals surface area contributed by atoms with E-state index in [4.69, 9.17) is 21.1 Å². The third kappa shape index (κ3) is 4.37. The zero-order valence-corrected chi connectivity index (χ0v) is 16.1. The summed E-state index contributed by atoms with van der Waals surface area (Å²) < 4.78 is 9.99. The molecule has 7 nitrogen and oxygen atoms in total. The lowest BCUT2D eigenvalue weighted by Gasteiger charge is -2.12. The molecule has 2 aromatic heterocycles. The summed E-state index contributed by atoms with van der Waals surface area (Å²) in [6, 6.07) is 8.61. The van der Waals surface area contributed by atoms with E-state index in [0.717, 1.165) is 5.56 Å². The van der Waals surface area contributed by atoms with Crippen LogP contribution in [-0.2, 0) is 22.5 Å². The van der Waals surface area contributed by atoms with E-state index in [0.29, 0.717) is 28.0 Å². The Morgan fingerprint density at radius 3 is 2.57 bits per heavy atom. The molecular formula is C20H18ClN3O4. The van der Waals surface area contributed by atoms with Crippen LogP contribution in [0.15, 0.2) is 42.7 Å². The van der Waals surface area contributed by atoms with Crippen LogP contribution in [0.4, 0.5) is 0 Å². The Hall–Kier alpha value is -3.19. The van der Waals surface area contributed by atoms with Gasteiger partial charge in [0.05, 0.1) is 26.2 Å². The van der Waals surface area contributed by atoms with Crippen LogP contribution < -0.4 is 10.1 Å². The van der Waals surface area contributed by atoms with Crippen LogP contribution in [0.2, 0.25) is 5.02 Å². The van der Waals surface area contributed by atoms with E-state index in [1.807, 2.05) is 12.1 Å². The lowest BCUT2D eigenvalue weighted by molar-refractivity contribution is -0.120. The van der Waals surface area contributed by atoms with Crippen molar-refractivity contribution in [3.05, 3.63) is 64.4 Å². The molecule has 0 radical (unpaired) electrons. The molecule has 8 heteroatoms. The zero-order valence-electron chi connectivity index (χ0n) is 15.4. The highest BCUT2D eigenvalue weighted by Gasteiger charge is 2.18. The Kier molecular flexibility index (Phi) is 6.06. The Morgan fingerprint density at radius 1 is 1.14 bits per heavy atom. The van der Waals surface area contributed by atoms with E-state index in [2.05, 4.69) is 15.3 Å². The normalized spacial score (nSPS) is 10.5. The fraction of sp³-hybridized carbons (Fsp3) is 0.200. The number of hydrogen-bond donors (Lipinski definition) is 1. The molecule has 3 rings (SSSR count). The smallest absolute Gasteiger partial charge is 0.343 e. The first kappa shape index (κ1) is 19.6. The van der Waals surface area contributed by atoms with Crippen LogP contribution in [0.5, 0.6) is 5.88 Å². The first-order chi connectivity index (χ1) is 13.5. The molecule has 144 valence electrons. The van der Waals surface area contributed by atoms with Crippen LogP contribution >= 0.6 is 11.6 Å². The fourth-order valence-corrected chi connectivity index (χ4v) is 3.04. The number of pyridine rings is 2. The van der Waals surface area contributed by atoms with Crippen molar-refractivity contribution in [3.8, 4) is 5.88 Å². The molecule has 0 spiro atoms. The lowest BCUT2D eigenvalue weighted by atomic mass is 10.0. The van der Waals surface area contributed by atoms with Crippen LogP contribution in [0, 0.1) is 0 Å². The molecule has 0 unspecified atom stereocenters. The Balaban J connectivity index is 1.89. The molecule has 2 heterocycles. The number of carbonyl (C=O) groups excluding carboxylic acids is 2. The molecule has 1 N–H and O–H groups in total. The minimum Gasteiger partial charge on any atom is -0.480 e. The highest BCUT2D eigenvalue weighted by molar-refractivity contribution is 6.31. The van der Waals surface area contributed by atoms with E-state index in [1.165, 1.54) is 14.2 Å². The third-order valence-corrected chi connectivity index (χ3v) is 4.33. The number of esters is 1. The summed E-state index contributed by atoms with van der Waals surface area (Å²) in [7, 11) is 2.69. The number of aromatic nitrogens is 2. The number of nitrogens with zero attached hydrogens (tertiary/aromatic N) is 2.